The van der Waals surface area contributed by atoms with Crippen molar-refractivity contribution in [3.8, 4) is 16.9 Å². The second-order valence-electron chi connectivity index (χ2n) is 6.20. The maximum absolute atomic E-state index is 12.5. The summed E-state index contributed by atoms with van der Waals surface area (Å²) in [5.41, 5.74) is 1.90. The minimum Gasteiger partial charge on any atom is -0.497 e. The number of halogens is 2. The molecule has 0 aliphatic heterocycles. The zero-order valence-electron chi connectivity index (χ0n) is 16.2. The van der Waals surface area contributed by atoms with Crippen molar-refractivity contribution >= 4 is 35.9 Å². The lowest BCUT2D eigenvalue weighted by molar-refractivity contribution is 0.0600. The highest BCUT2D eigenvalue weighted by Crippen LogP contribution is 2.32. The molecule has 28 heavy (non-hydrogen) atoms. The fourth-order valence-electron chi connectivity index (χ4n) is 2.50. The quantitative estimate of drug-likeness (QED) is 0.685. The molecule has 0 aliphatic carbocycles. The Labute approximate surface area is 176 Å². The number of hydrogen-bond donors (Lipinski definition) is 1. The van der Waals surface area contributed by atoms with E-state index in [-0.39, 0.29) is 23.9 Å². The average Bonchev–Trinajstić information content (AvgIpc) is 2.66. The van der Waals surface area contributed by atoms with Crippen LogP contribution in [-0.4, -0.2) is 58.2 Å². The number of methoxy groups -OCH3 is 2. The first kappa shape index (κ1) is 23.8. The lowest BCUT2D eigenvalue weighted by Crippen LogP contribution is -2.31. The third kappa shape index (κ3) is 6.12. The van der Waals surface area contributed by atoms with Gasteiger partial charge in [0.2, 0.25) is 0 Å². The van der Waals surface area contributed by atoms with E-state index in [2.05, 4.69) is 5.32 Å². The SMILES string of the molecule is COC(=O)c1cc(C(=O)NCCN(C)C)cc(-c2cc(OC)ccc2Cl)c1.Cl. The number of benzene rings is 2. The smallest absolute Gasteiger partial charge is 0.337 e. The molecule has 1 N–H and O–H groups in total. The number of carbonyl (C=O) groups excluding carboxylic acids is 2. The van der Waals surface area contributed by atoms with Gasteiger partial charge in [-0.25, -0.2) is 4.79 Å². The van der Waals surface area contributed by atoms with E-state index in [1.165, 1.54) is 13.2 Å². The highest BCUT2D eigenvalue weighted by Gasteiger charge is 2.16. The van der Waals surface area contributed by atoms with Crippen LogP contribution in [0.1, 0.15) is 20.7 Å². The van der Waals surface area contributed by atoms with Gasteiger partial charge < -0.3 is 19.7 Å². The summed E-state index contributed by atoms with van der Waals surface area (Å²) in [6.07, 6.45) is 0. The van der Waals surface area contributed by atoms with E-state index in [4.69, 9.17) is 21.1 Å². The van der Waals surface area contributed by atoms with Gasteiger partial charge in [-0.3, -0.25) is 4.79 Å². The summed E-state index contributed by atoms with van der Waals surface area (Å²) in [5, 5.41) is 3.32. The Kier molecular flexibility index (Phi) is 9.25. The molecular formula is C20H24Cl2N2O4. The minimum absolute atomic E-state index is 0. The normalized spacial score (nSPS) is 10.2. The van der Waals surface area contributed by atoms with Crippen LogP contribution in [0, 0.1) is 0 Å². The molecule has 1 amide bonds. The van der Waals surface area contributed by atoms with E-state index in [0.29, 0.717) is 40.6 Å². The van der Waals surface area contributed by atoms with Crippen molar-refractivity contribution in [3.05, 3.63) is 52.5 Å². The van der Waals surface area contributed by atoms with E-state index in [9.17, 15) is 9.59 Å². The topological polar surface area (TPSA) is 67.9 Å². The lowest BCUT2D eigenvalue weighted by Gasteiger charge is -2.13. The highest BCUT2D eigenvalue weighted by molar-refractivity contribution is 6.33. The summed E-state index contributed by atoms with van der Waals surface area (Å²) in [5.74, 6) is -0.184. The third-order valence-electron chi connectivity index (χ3n) is 3.95. The maximum Gasteiger partial charge on any atom is 0.337 e. The Balaban J connectivity index is 0.00000392. The van der Waals surface area contributed by atoms with Crippen LogP contribution in [0.5, 0.6) is 5.75 Å². The average molecular weight is 427 g/mol. The predicted octanol–water partition coefficient (Wildman–Crippen LogP) is 3.52. The molecule has 2 aromatic carbocycles. The zero-order chi connectivity index (χ0) is 20.0. The number of hydrogen-bond acceptors (Lipinski definition) is 5. The third-order valence-corrected chi connectivity index (χ3v) is 4.27. The molecule has 0 unspecified atom stereocenters. The molecular weight excluding hydrogens is 403 g/mol. The summed E-state index contributed by atoms with van der Waals surface area (Å²) in [6.45, 7) is 1.19. The molecule has 2 rings (SSSR count). The van der Waals surface area contributed by atoms with Crippen molar-refractivity contribution < 1.29 is 19.1 Å². The van der Waals surface area contributed by atoms with Crippen LogP contribution >= 0.6 is 24.0 Å². The molecule has 0 radical (unpaired) electrons. The van der Waals surface area contributed by atoms with Crippen LogP contribution in [0.4, 0.5) is 0 Å². The molecule has 8 heteroatoms. The van der Waals surface area contributed by atoms with Gasteiger partial charge in [0.25, 0.3) is 5.91 Å². The monoisotopic (exact) mass is 426 g/mol. The Hall–Kier alpha value is -2.28. The van der Waals surface area contributed by atoms with Gasteiger partial charge in [-0.2, -0.15) is 0 Å². The van der Waals surface area contributed by atoms with Gasteiger partial charge in [0.05, 0.1) is 19.8 Å². The van der Waals surface area contributed by atoms with Crippen LogP contribution in [0.2, 0.25) is 5.02 Å². The second kappa shape index (κ2) is 10.9. The van der Waals surface area contributed by atoms with Crippen LogP contribution in [-0.2, 0) is 4.74 Å². The molecule has 0 spiro atoms. The van der Waals surface area contributed by atoms with Crippen LogP contribution in [0.3, 0.4) is 0 Å². The number of likely N-dealkylation sites (N-methyl/N-ethyl adjacent to an activating group) is 1. The number of ether oxygens (including phenoxy) is 2. The van der Waals surface area contributed by atoms with E-state index in [1.54, 1.807) is 37.4 Å². The number of rotatable bonds is 7. The van der Waals surface area contributed by atoms with Gasteiger partial charge in [-0.1, -0.05) is 11.6 Å². The fourth-order valence-corrected chi connectivity index (χ4v) is 2.72. The summed E-state index contributed by atoms with van der Waals surface area (Å²) in [7, 11) is 6.70. The molecule has 0 aliphatic rings. The summed E-state index contributed by atoms with van der Waals surface area (Å²) in [4.78, 5) is 26.6. The lowest BCUT2D eigenvalue weighted by atomic mass is 9.99. The highest BCUT2D eigenvalue weighted by atomic mass is 35.5. The first-order valence-corrected chi connectivity index (χ1v) is 8.73. The van der Waals surface area contributed by atoms with E-state index >= 15 is 0 Å². The van der Waals surface area contributed by atoms with Crippen molar-refractivity contribution in [1.29, 1.82) is 0 Å². The van der Waals surface area contributed by atoms with Gasteiger partial charge in [0, 0.05) is 29.2 Å². The van der Waals surface area contributed by atoms with Gasteiger partial charge in [-0.05, 0) is 56.1 Å². The number of esters is 1. The first-order valence-electron chi connectivity index (χ1n) is 8.36. The van der Waals surface area contributed by atoms with Gasteiger partial charge in [-0.15, -0.1) is 12.4 Å². The Morgan fingerprint density at radius 3 is 2.36 bits per heavy atom. The maximum atomic E-state index is 12.5. The van der Waals surface area contributed by atoms with E-state index < -0.39 is 5.97 Å². The van der Waals surface area contributed by atoms with Crippen molar-refractivity contribution in [2.75, 3.05) is 41.4 Å². The van der Waals surface area contributed by atoms with Crippen molar-refractivity contribution in [2.24, 2.45) is 0 Å². The van der Waals surface area contributed by atoms with Crippen molar-refractivity contribution in [2.45, 2.75) is 0 Å². The van der Waals surface area contributed by atoms with Gasteiger partial charge in [0.15, 0.2) is 0 Å². The Morgan fingerprint density at radius 1 is 1.07 bits per heavy atom. The van der Waals surface area contributed by atoms with Gasteiger partial charge in [0.1, 0.15) is 5.75 Å². The molecule has 6 nitrogen and oxygen atoms in total. The fraction of sp³-hybridized carbons (Fsp3) is 0.300. The summed E-state index contributed by atoms with van der Waals surface area (Å²) in [6, 6.07) is 10.0. The van der Waals surface area contributed by atoms with E-state index in [1.807, 2.05) is 19.0 Å². The molecule has 0 aromatic heterocycles. The molecule has 0 fully saturated rings. The predicted molar refractivity (Wildman–Crippen MR) is 113 cm³/mol. The molecule has 0 atom stereocenters. The standard InChI is InChI=1S/C20H23ClN2O4.ClH/c1-23(2)8-7-22-19(24)14-9-13(10-15(11-14)20(25)27-4)17-12-16(26-3)5-6-18(17)21;/h5-6,9-12H,7-8H2,1-4H3,(H,22,24);1H. The molecule has 0 bridgehead atoms. The van der Waals surface area contributed by atoms with Crippen LogP contribution in [0.25, 0.3) is 11.1 Å². The first-order chi connectivity index (χ1) is 12.8. The summed E-state index contributed by atoms with van der Waals surface area (Å²) >= 11 is 6.33. The molecule has 0 saturated heterocycles. The van der Waals surface area contributed by atoms with Crippen LogP contribution in [0.15, 0.2) is 36.4 Å². The minimum atomic E-state index is -0.529. The Morgan fingerprint density at radius 2 is 1.75 bits per heavy atom. The summed E-state index contributed by atoms with van der Waals surface area (Å²) < 4.78 is 10.1. The van der Waals surface area contributed by atoms with Crippen molar-refractivity contribution in [1.82, 2.24) is 10.2 Å². The van der Waals surface area contributed by atoms with Gasteiger partial charge >= 0.3 is 5.97 Å². The Bertz CT molecular complexity index is 841. The number of nitrogens with zero attached hydrogens (tertiary/aromatic N) is 1. The number of carbonyl (C=O) groups is 2. The van der Waals surface area contributed by atoms with Crippen molar-refractivity contribution in [3.63, 3.8) is 0 Å². The van der Waals surface area contributed by atoms with E-state index in [0.717, 1.165) is 0 Å². The molecule has 0 heterocycles. The van der Waals surface area contributed by atoms with Crippen LogP contribution < -0.4 is 10.1 Å². The largest absolute Gasteiger partial charge is 0.497 e. The number of nitrogens with one attached hydrogen (secondary N) is 1. The molecule has 2 aromatic rings. The zero-order valence-corrected chi connectivity index (χ0v) is 17.8. The second-order valence-corrected chi connectivity index (χ2v) is 6.60. The number of amides is 1. The molecule has 152 valence electrons. The molecule has 0 saturated carbocycles.